The van der Waals surface area contributed by atoms with E-state index in [1.54, 1.807) is 11.9 Å². The summed E-state index contributed by atoms with van der Waals surface area (Å²) in [7, 11) is 1.72. The van der Waals surface area contributed by atoms with E-state index in [2.05, 4.69) is 5.32 Å². The molecule has 0 bridgehead atoms. The van der Waals surface area contributed by atoms with Crippen LogP contribution in [0.25, 0.3) is 0 Å². The third-order valence-corrected chi connectivity index (χ3v) is 1.77. The Hall–Kier alpha value is -0.770. The fourth-order valence-electron chi connectivity index (χ4n) is 0.955. The van der Waals surface area contributed by atoms with E-state index >= 15 is 0 Å². The first-order valence-electron chi connectivity index (χ1n) is 3.41. The number of primary amides is 1. The number of nitrogens with zero attached hydrogens (tertiary/aromatic N) is 1. The van der Waals surface area contributed by atoms with E-state index in [0.717, 1.165) is 19.6 Å². The third kappa shape index (κ3) is 1.60. The van der Waals surface area contributed by atoms with Crippen LogP contribution in [-0.4, -0.2) is 37.6 Å². The first-order valence-corrected chi connectivity index (χ1v) is 3.41. The number of hydrogen-bond acceptors (Lipinski definition) is 2. The predicted octanol–water partition coefficient (Wildman–Crippen LogP) is -0.784. The molecule has 1 saturated heterocycles. The number of amides is 2. The Morgan fingerprint density at radius 2 is 2.40 bits per heavy atom. The first-order chi connectivity index (χ1) is 4.70. The monoisotopic (exact) mass is 143 g/mol. The van der Waals surface area contributed by atoms with Crippen LogP contribution in [0, 0.1) is 5.92 Å². The van der Waals surface area contributed by atoms with Crippen LogP contribution in [0.1, 0.15) is 0 Å². The van der Waals surface area contributed by atoms with Crippen LogP contribution >= 0.6 is 0 Å². The van der Waals surface area contributed by atoms with E-state index in [1.165, 1.54) is 0 Å². The van der Waals surface area contributed by atoms with Gasteiger partial charge in [0, 0.05) is 32.6 Å². The van der Waals surface area contributed by atoms with Gasteiger partial charge in [-0.1, -0.05) is 0 Å². The number of nitrogens with one attached hydrogen (secondary N) is 1. The maximum atomic E-state index is 10.5. The Morgan fingerprint density at radius 3 is 2.70 bits per heavy atom. The molecule has 0 saturated carbocycles. The Kier molecular flexibility index (Phi) is 2.11. The first kappa shape index (κ1) is 7.34. The van der Waals surface area contributed by atoms with E-state index < -0.39 is 0 Å². The van der Waals surface area contributed by atoms with Crippen molar-refractivity contribution >= 4 is 6.03 Å². The Labute approximate surface area is 60.4 Å². The SMILES string of the molecule is CN(CC1CNC1)C(N)=O. The lowest BCUT2D eigenvalue weighted by molar-refractivity contribution is 0.198. The summed E-state index contributed by atoms with van der Waals surface area (Å²) in [6.07, 6.45) is 0. The van der Waals surface area contributed by atoms with Gasteiger partial charge in [-0.2, -0.15) is 0 Å². The molecule has 0 radical (unpaired) electrons. The molecular formula is C6H13N3O. The van der Waals surface area contributed by atoms with Gasteiger partial charge in [-0.25, -0.2) is 4.79 Å². The number of hydrogen-bond donors (Lipinski definition) is 2. The molecule has 0 atom stereocenters. The van der Waals surface area contributed by atoms with Gasteiger partial charge in [0.25, 0.3) is 0 Å². The van der Waals surface area contributed by atoms with Crippen LogP contribution in [-0.2, 0) is 0 Å². The van der Waals surface area contributed by atoms with Crippen molar-refractivity contribution in [2.45, 2.75) is 0 Å². The molecule has 0 aromatic carbocycles. The smallest absolute Gasteiger partial charge is 0.314 e. The highest BCUT2D eigenvalue weighted by atomic mass is 16.2. The van der Waals surface area contributed by atoms with Crippen molar-refractivity contribution in [3.63, 3.8) is 0 Å². The van der Waals surface area contributed by atoms with Gasteiger partial charge in [0.05, 0.1) is 0 Å². The van der Waals surface area contributed by atoms with E-state index in [4.69, 9.17) is 5.73 Å². The minimum atomic E-state index is -0.341. The molecular weight excluding hydrogens is 130 g/mol. The fraction of sp³-hybridized carbons (Fsp3) is 0.833. The second-order valence-corrected chi connectivity index (χ2v) is 2.74. The summed E-state index contributed by atoms with van der Waals surface area (Å²) in [5.74, 6) is 0.609. The zero-order chi connectivity index (χ0) is 7.56. The molecule has 0 spiro atoms. The van der Waals surface area contributed by atoms with Crippen molar-refractivity contribution in [2.75, 3.05) is 26.7 Å². The lowest BCUT2D eigenvalue weighted by Gasteiger charge is -2.30. The molecule has 3 N–H and O–H groups in total. The highest BCUT2D eigenvalue weighted by Crippen LogP contribution is 2.03. The maximum absolute atomic E-state index is 10.5. The van der Waals surface area contributed by atoms with Gasteiger partial charge in [0.2, 0.25) is 0 Å². The Balaban J connectivity index is 2.16. The molecule has 0 aliphatic carbocycles. The Bertz CT molecular complexity index is 133. The van der Waals surface area contributed by atoms with Crippen molar-refractivity contribution in [3.05, 3.63) is 0 Å². The molecule has 58 valence electrons. The highest BCUT2D eigenvalue weighted by molar-refractivity contribution is 5.71. The van der Waals surface area contributed by atoms with Crippen LogP contribution in [0.3, 0.4) is 0 Å². The molecule has 1 fully saturated rings. The summed E-state index contributed by atoms with van der Waals surface area (Å²) in [5, 5.41) is 3.13. The molecule has 10 heavy (non-hydrogen) atoms. The second-order valence-electron chi connectivity index (χ2n) is 2.74. The molecule has 0 aromatic heterocycles. The summed E-state index contributed by atoms with van der Waals surface area (Å²) in [6.45, 7) is 2.80. The van der Waals surface area contributed by atoms with Gasteiger partial charge in [-0.3, -0.25) is 0 Å². The number of rotatable bonds is 2. The number of carbonyl (C=O) groups excluding carboxylic acids is 1. The van der Waals surface area contributed by atoms with E-state index in [-0.39, 0.29) is 6.03 Å². The minimum Gasteiger partial charge on any atom is -0.351 e. The van der Waals surface area contributed by atoms with Gasteiger partial charge in [-0.05, 0) is 0 Å². The van der Waals surface area contributed by atoms with Crippen molar-refractivity contribution in [1.29, 1.82) is 0 Å². The lowest BCUT2D eigenvalue weighted by Crippen LogP contribution is -2.49. The molecule has 2 amide bonds. The molecule has 4 nitrogen and oxygen atoms in total. The topological polar surface area (TPSA) is 58.4 Å². The maximum Gasteiger partial charge on any atom is 0.314 e. The molecule has 0 unspecified atom stereocenters. The number of carbonyl (C=O) groups is 1. The van der Waals surface area contributed by atoms with Gasteiger partial charge in [0.15, 0.2) is 0 Å². The molecule has 4 heteroatoms. The van der Waals surface area contributed by atoms with Crippen LogP contribution in [0.15, 0.2) is 0 Å². The van der Waals surface area contributed by atoms with Crippen LogP contribution in [0.4, 0.5) is 4.79 Å². The summed E-state index contributed by atoms with van der Waals surface area (Å²) in [6, 6.07) is -0.341. The van der Waals surface area contributed by atoms with E-state index in [0.29, 0.717) is 5.92 Å². The fourth-order valence-corrected chi connectivity index (χ4v) is 0.955. The normalized spacial score (nSPS) is 18.1. The predicted molar refractivity (Wildman–Crippen MR) is 38.6 cm³/mol. The average Bonchev–Trinajstić information content (AvgIpc) is 1.77. The van der Waals surface area contributed by atoms with E-state index in [1.807, 2.05) is 0 Å². The number of nitrogens with two attached hydrogens (primary N) is 1. The minimum absolute atomic E-state index is 0.341. The van der Waals surface area contributed by atoms with Gasteiger partial charge in [0.1, 0.15) is 0 Å². The molecule has 1 aliphatic heterocycles. The van der Waals surface area contributed by atoms with Gasteiger partial charge >= 0.3 is 6.03 Å². The number of urea groups is 1. The summed E-state index contributed by atoms with van der Waals surface area (Å²) >= 11 is 0. The van der Waals surface area contributed by atoms with Crippen LogP contribution in [0.2, 0.25) is 0 Å². The quantitative estimate of drug-likeness (QED) is 0.532. The molecule has 1 aliphatic rings. The van der Waals surface area contributed by atoms with Crippen molar-refractivity contribution in [3.8, 4) is 0 Å². The average molecular weight is 143 g/mol. The standard InChI is InChI=1S/C6H13N3O/c1-9(6(7)10)4-5-2-8-3-5/h5,8H,2-4H2,1H3,(H2,7,10). The van der Waals surface area contributed by atoms with Crippen molar-refractivity contribution in [2.24, 2.45) is 11.7 Å². The summed E-state index contributed by atoms with van der Waals surface area (Å²) in [5.41, 5.74) is 5.03. The molecule has 1 rings (SSSR count). The van der Waals surface area contributed by atoms with Crippen LogP contribution < -0.4 is 11.1 Å². The van der Waals surface area contributed by atoms with Crippen molar-refractivity contribution < 1.29 is 4.79 Å². The van der Waals surface area contributed by atoms with Crippen LogP contribution in [0.5, 0.6) is 0 Å². The van der Waals surface area contributed by atoms with Gasteiger partial charge < -0.3 is 16.0 Å². The Morgan fingerprint density at radius 1 is 1.80 bits per heavy atom. The highest BCUT2D eigenvalue weighted by Gasteiger charge is 2.19. The zero-order valence-electron chi connectivity index (χ0n) is 6.13. The second kappa shape index (κ2) is 2.88. The summed E-state index contributed by atoms with van der Waals surface area (Å²) in [4.78, 5) is 12.0. The summed E-state index contributed by atoms with van der Waals surface area (Å²) < 4.78 is 0. The van der Waals surface area contributed by atoms with E-state index in [9.17, 15) is 4.79 Å². The largest absolute Gasteiger partial charge is 0.351 e. The lowest BCUT2D eigenvalue weighted by atomic mass is 10.0. The third-order valence-electron chi connectivity index (χ3n) is 1.77. The van der Waals surface area contributed by atoms with Crippen molar-refractivity contribution in [1.82, 2.24) is 10.2 Å². The molecule has 0 aromatic rings. The molecule has 1 heterocycles. The van der Waals surface area contributed by atoms with Gasteiger partial charge in [-0.15, -0.1) is 0 Å². The zero-order valence-corrected chi connectivity index (χ0v) is 6.13.